The van der Waals surface area contributed by atoms with Gasteiger partial charge < -0.3 is 5.73 Å². The normalized spacial score (nSPS) is 33.2. The van der Waals surface area contributed by atoms with E-state index in [1.54, 1.807) is 0 Å². The molecule has 1 rings (SSSR count). The minimum absolute atomic E-state index is 0.151. The summed E-state index contributed by atoms with van der Waals surface area (Å²) in [4.78, 5) is 0. The second-order valence-corrected chi connectivity index (χ2v) is 6.30. The first-order valence-electron chi connectivity index (χ1n) is 6.16. The van der Waals surface area contributed by atoms with E-state index >= 15 is 0 Å². The van der Waals surface area contributed by atoms with Crippen LogP contribution in [0.4, 0.5) is 0 Å². The van der Waals surface area contributed by atoms with Gasteiger partial charge >= 0.3 is 0 Å². The van der Waals surface area contributed by atoms with Crippen LogP contribution in [0.15, 0.2) is 0 Å². The summed E-state index contributed by atoms with van der Waals surface area (Å²) in [6, 6.07) is 0. The third-order valence-electron chi connectivity index (χ3n) is 3.67. The Morgan fingerprint density at radius 1 is 1.29 bits per heavy atom. The van der Waals surface area contributed by atoms with Gasteiger partial charge in [0.05, 0.1) is 0 Å². The maximum atomic E-state index is 6.47. The SMILES string of the molecule is CCCC(C)CC1(N)CCC(C)(C)C1. The predicted octanol–water partition coefficient (Wildman–Crippen LogP) is 3.72. The molecule has 1 aliphatic rings. The quantitative estimate of drug-likeness (QED) is 0.730. The summed E-state index contributed by atoms with van der Waals surface area (Å²) in [5.74, 6) is 0.805. The standard InChI is InChI=1S/C13H27N/c1-5-6-11(2)9-13(14)8-7-12(3,4)10-13/h11H,5-10,14H2,1-4H3. The molecule has 0 saturated heterocycles. The van der Waals surface area contributed by atoms with Gasteiger partial charge in [-0.2, -0.15) is 0 Å². The van der Waals surface area contributed by atoms with Crippen LogP contribution in [-0.2, 0) is 0 Å². The molecule has 0 aromatic heterocycles. The van der Waals surface area contributed by atoms with Gasteiger partial charge in [0.15, 0.2) is 0 Å². The van der Waals surface area contributed by atoms with Crippen molar-refractivity contribution in [3.8, 4) is 0 Å². The molecule has 0 aromatic carbocycles. The molecule has 2 unspecified atom stereocenters. The van der Waals surface area contributed by atoms with Crippen molar-refractivity contribution in [3.63, 3.8) is 0 Å². The van der Waals surface area contributed by atoms with Gasteiger partial charge in [0.25, 0.3) is 0 Å². The van der Waals surface area contributed by atoms with Crippen LogP contribution in [0.2, 0.25) is 0 Å². The summed E-state index contributed by atoms with van der Waals surface area (Å²) >= 11 is 0. The number of rotatable bonds is 4. The molecule has 84 valence electrons. The molecular weight excluding hydrogens is 170 g/mol. The maximum absolute atomic E-state index is 6.47. The van der Waals surface area contributed by atoms with Crippen LogP contribution >= 0.6 is 0 Å². The summed E-state index contributed by atoms with van der Waals surface area (Å²) in [7, 11) is 0. The topological polar surface area (TPSA) is 26.0 Å². The first-order chi connectivity index (χ1) is 6.37. The van der Waals surface area contributed by atoms with E-state index in [0.717, 1.165) is 5.92 Å². The highest BCUT2D eigenvalue weighted by Crippen LogP contribution is 2.45. The summed E-state index contributed by atoms with van der Waals surface area (Å²) in [5, 5.41) is 0. The van der Waals surface area contributed by atoms with Gasteiger partial charge in [0.2, 0.25) is 0 Å². The Bertz CT molecular complexity index is 186. The fourth-order valence-electron chi connectivity index (χ4n) is 3.18. The lowest BCUT2D eigenvalue weighted by Crippen LogP contribution is -2.39. The van der Waals surface area contributed by atoms with Crippen molar-refractivity contribution >= 4 is 0 Å². The first kappa shape index (κ1) is 12.0. The number of hydrogen-bond donors (Lipinski definition) is 1. The zero-order valence-corrected chi connectivity index (χ0v) is 10.4. The minimum Gasteiger partial charge on any atom is -0.325 e. The predicted molar refractivity (Wildman–Crippen MR) is 63.2 cm³/mol. The highest BCUT2D eigenvalue weighted by molar-refractivity contribution is 4.97. The Labute approximate surface area is 89.5 Å². The van der Waals surface area contributed by atoms with E-state index in [1.807, 2.05) is 0 Å². The van der Waals surface area contributed by atoms with Gasteiger partial charge in [-0.25, -0.2) is 0 Å². The van der Waals surface area contributed by atoms with Crippen molar-refractivity contribution in [3.05, 3.63) is 0 Å². The molecule has 0 aromatic rings. The van der Waals surface area contributed by atoms with Gasteiger partial charge in [0, 0.05) is 5.54 Å². The van der Waals surface area contributed by atoms with Crippen molar-refractivity contribution in [2.45, 2.75) is 71.8 Å². The van der Waals surface area contributed by atoms with Crippen LogP contribution in [-0.4, -0.2) is 5.54 Å². The summed E-state index contributed by atoms with van der Waals surface area (Å²) in [5.41, 5.74) is 7.10. The Morgan fingerprint density at radius 3 is 2.36 bits per heavy atom. The summed E-state index contributed by atoms with van der Waals surface area (Å²) in [6.45, 7) is 9.32. The lowest BCUT2D eigenvalue weighted by Gasteiger charge is -2.29. The second-order valence-electron chi connectivity index (χ2n) is 6.30. The van der Waals surface area contributed by atoms with E-state index in [9.17, 15) is 0 Å². The Kier molecular flexibility index (Phi) is 3.63. The third-order valence-corrected chi connectivity index (χ3v) is 3.67. The largest absolute Gasteiger partial charge is 0.325 e. The molecule has 0 amide bonds. The maximum Gasteiger partial charge on any atom is 0.0162 e. The van der Waals surface area contributed by atoms with Gasteiger partial charge in [-0.3, -0.25) is 0 Å². The minimum atomic E-state index is 0.151. The Hall–Kier alpha value is -0.0400. The van der Waals surface area contributed by atoms with Gasteiger partial charge in [-0.05, 0) is 37.0 Å². The summed E-state index contributed by atoms with van der Waals surface area (Å²) < 4.78 is 0. The Balaban J connectivity index is 2.44. The average Bonchev–Trinajstić information content (AvgIpc) is 2.25. The molecule has 0 spiro atoms. The van der Waals surface area contributed by atoms with E-state index < -0.39 is 0 Å². The average molecular weight is 197 g/mol. The lowest BCUT2D eigenvalue weighted by atomic mass is 9.82. The molecule has 0 radical (unpaired) electrons. The van der Waals surface area contributed by atoms with Crippen LogP contribution in [0.5, 0.6) is 0 Å². The van der Waals surface area contributed by atoms with Crippen LogP contribution < -0.4 is 5.73 Å². The molecule has 0 aliphatic heterocycles. The van der Waals surface area contributed by atoms with Crippen molar-refractivity contribution in [1.82, 2.24) is 0 Å². The van der Waals surface area contributed by atoms with Crippen molar-refractivity contribution in [2.75, 3.05) is 0 Å². The monoisotopic (exact) mass is 197 g/mol. The van der Waals surface area contributed by atoms with Crippen LogP contribution in [0, 0.1) is 11.3 Å². The molecule has 1 saturated carbocycles. The molecule has 0 bridgehead atoms. The van der Waals surface area contributed by atoms with E-state index in [0.29, 0.717) is 5.41 Å². The van der Waals surface area contributed by atoms with Gasteiger partial charge in [0.1, 0.15) is 0 Å². The second kappa shape index (κ2) is 4.22. The van der Waals surface area contributed by atoms with Crippen molar-refractivity contribution < 1.29 is 0 Å². The van der Waals surface area contributed by atoms with E-state index in [4.69, 9.17) is 5.73 Å². The van der Waals surface area contributed by atoms with E-state index in [-0.39, 0.29) is 5.54 Å². The molecule has 1 aliphatic carbocycles. The van der Waals surface area contributed by atoms with Crippen molar-refractivity contribution in [1.29, 1.82) is 0 Å². The zero-order chi connectivity index (χ0) is 10.8. The van der Waals surface area contributed by atoms with Crippen LogP contribution in [0.1, 0.15) is 66.2 Å². The molecule has 14 heavy (non-hydrogen) atoms. The number of nitrogens with two attached hydrogens (primary N) is 1. The smallest absolute Gasteiger partial charge is 0.0162 e. The van der Waals surface area contributed by atoms with Crippen molar-refractivity contribution in [2.24, 2.45) is 17.1 Å². The molecule has 1 fully saturated rings. The highest BCUT2D eigenvalue weighted by Gasteiger charge is 2.40. The molecule has 2 atom stereocenters. The molecule has 0 heterocycles. The highest BCUT2D eigenvalue weighted by atomic mass is 14.8. The summed E-state index contributed by atoms with van der Waals surface area (Å²) in [6.07, 6.45) is 7.61. The zero-order valence-electron chi connectivity index (χ0n) is 10.4. The lowest BCUT2D eigenvalue weighted by molar-refractivity contribution is 0.284. The first-order valence-corrected chi connectivity index (χ1v) is 6.16. The molecule has 1 nitrogen and oxygen atoms in total. The molecule has 2 N–H and O–H groups in total. The van der Waals surface area contributed by atoms with Crippen LogP contribution in [0.3, 0.4) is 0 Å². The third kappa shape index (κ3) is 3.27. The Morgan fingerprint density at radius 2 is 1.93 bits per heavy atom. The fraction of sp³-hybridized carbons (Fsp3) is 1.00. The van der Waals surface area contributed by atoms with Gasteiger partial charge in [-0.15, -0.1) is 0 Å². The fourth-order valence-corrected chi connectivity index (χ4v) is 3.18. The molecule has 1 heteroatoms. The van der Waals surface area contributed by atoms with Gasteiger partial charge in [-0.1, -0.05) is 40.5 Å². The van der Waals surface area contributed by atoms with E-state index in [1.165, 1.54) is 38.5 Å². The van der Waals surface area contributed by atoms with Crippen LogP contribution in [0.25, 0.3) is 0 Å². The van der Waals surface area contributed by atoms with E-state index in [2.05, 4.69) is 27.7 Å². The number of hydrogen-bond acceptors (Lipinski definition) is 1. The molecular formula is C13H27N.